The van der Waals surface area contributed by atoms with Crippen LogP contribution in [0.2, 0.25) is 0 Å². The van der Waals surface area contributed by atoms with Crippen molar-refractivity contribution in [2.45, 2.75) is 77.6 Å². The van der Waals surface area contributed by atoms with Gasteiger partial charge in [-0.15, -0.1) is 0 Å². The molecule has 7 nitrogen and oxygen atoms in total. The van der Waals surface area contributed by atoms with Crippen molar-refractivity contribution in [3.63, 3.8) is 0 Å². The molecule has 37 heavy (non-hydrogen) atoms. The van der Waals surface area contributed by atoms with Crippen molar-refractivity contribution in [3.05, 3.63) is 52.2 Å². The van der Waals surface area contributed by atoms with Gasteiger partial charge in [0, 0.05) is 19.1 Å². The average molecular weight is 511 g/mol. The number of carbonyl (C=O) groups excluding carboxylic acids is 1. The van der Waals surface area contributed by atoms with Crippen LogP contribution in [0.1, 0.15) is 76.7 Å². The van der Waals surface area contributed by atoms with Gasteiger partial charge in [0.15, 0.2) is 17.3 Å². The Morgan fingerprint density at radius 2 is 1.54 bits per heavy atom. The molecule has 0 radical (unpaired) electrons. The van der Waals surface area contributed by atoms with Gasteiger partial charge in [-0.2, -0.15) is 0 Å². The number of phenols is 1. The second kappa shape index (κ2) is 14.4. The topological polar surface area (TPSA) is 106 Å². The SMILES string of the molecule is COc1cc(-c2oc3ccc(CCCCCCCCCCCCO)cc3c(=O)c2OC(C)=O)ccc1O. The third-order valence-electron chi connectivity index (χ3n) is 6.47. The quantitative estimate of drug-likeness (QED) is 0.177. The molecule has 0 fully saturated rings. The molecule has 0 saturated carbocycles. The Morgan fingerprint density at radius 3 is 2.16 bits per heavy atom. The number of esters is 1. The van der Waals surface area contributed by atoms with Crippen LogP contribution in [0.15, 0.2) is 45.6 Å². The summed E-state index contributed by atoms with van der Waals surface area (Å²) in [5.74, 6) is -0.543. The molecule has 200 valence electrons. The molecule has 1 heterocycles. The number of phenolic OH excluding ortho intramolecular Hbond substituents is 1. The highest BCUT2D eigenvalue weighted by molar-refractivity contribution is 5.84. The lowest BCUT2D eigenvalue weighted by atomic mass is 10.0. The van der Waals surface area contributed by atoms with Crippen LogP contribution in [0.25, 0.3) is 22.3 Å². The maximum absolute atomic E-state index is 13.4. The first-order chi connectivity index (χ1) is 17.9. The largest absolute Gasteiger partial charge is 0.504 e. The number of fused-ring (bicyclic) bond motifs is 1. The van der Waals surface area contributed by atoms with Crippen LogP contribution >= 0.6 is 0 Å². The van der Waals surface area contributed by atoms with E-state index >= 15 is 0 Å². The summed E-state index contributed by atoms with van der Waals surface area (Å²) in [6.45, 7) is 1.53. The fraction of sp³-hybridized carbons (Fsp3) is 0.467. The summed E-state index contributed by atoms with van der Waals surface area (Å²) < 4.78 is 16.5. The van der Waals surface area contributed by atoms with Crippen molar-refractivity contribution < 1.29 is 28.9 Å². The van der Waals surface area contributed by atoms with E-state index in [1.807, 2.05) is 12.1 Å². The predicted octanol–water partition coefficient (Wildman–Crippen LogP) is 6.54. The molecule has 2 aromatic carbocycles. The van der Waals surface area contributed by atoms with E-state index in [-0.39, 0.29) is 23.0 Å². The van der Waals surface area contributed by atoms with Crippen LogP contribution in [-0.2, 0) is 11.2 Å². The maximum Gasteiger partial charge on any atom is 0.308 e. The zero-order valence-corrected chi connectivity index (χ0v) is 21.9. The number of aliphatic hydroxyl groups excluding tert-OH is 1. The van der Waals surface area contributed by atoms with E-state index in [0.717, 1.165) is 37.7 Å². The van der Waals surface area contributed by atoms with Crippen LogP contribution in [0.5, 0.6) is 17.2 Å². The highest BCUT2D eigenvalue weighted by Gasteiger charge is 2.20. The van der Waals surface area contributed by atoms with E-state index in [2.05, 4.69) is 0 Å². The average Bonchev–Trinajstić information content (AvgIpc) is 2.89. The molecule has 3 rings (SSSR count). The summed E-state index contributed by atoms with van der Waals surface area (Å²) in [5, 5.41) is 19.1. The van der Waals surface area contributed by atoms with Gasteiger partial charge in [0.2, 0.25) is 11.2 Å². The number of aliphatic hydroxyl groups is 1. The standard InChI is InChI=1S/C30H38O7/c1-21(32)36-30-28(34)24-19-22(13-11-9-7-5-3-4-6-8-10-12-18-31)14-17-26(24)37-29(30)23-15-16-25(33)27(20-23)35-2/h14-17,19-20,31,33H,3-13,18H2,1-2H3. The molecule has 0 atom stereocenters. The highest BCUT2D eigenvalue weighted by atomic mass is 16.5. The second-order valence-electron chi connectivity index (χ2n) is 9.41. The molecule has 3 aromatic rings. The van der Waals surface area contributed by atoms with Gasteiger partial charge in [-0.05, 0) is 55.2 Å². The molecular formula is C30H38O7. The van der Waals surface area contributed by atoms with Crippen molar-refractivity contribution >= 4 is 16.9 Å². The molecular weight excluding hydrogens is 472 g/mol. The highest BCUT2D eigenvalue weighted by Crippen LogP contribution is 2.36. The van der Waals surface area contributed by atoms with Crippen LogP contribution in [0, 0.1) is 0 Å². The Balaban J connectivity index is 1.67. The number of benzene rings is 2. The van der Waals surface area contributed by atoms with Gasteiger partial charge in [-0.1, -0.05) is 57.4 Å². The number of hydrogen-bond acceptors (Lipinski definition) is 7. The summed E-state index contributed by atoms with van der Waals surface area (Å²) >= 11 is 0. The molecule has 7 heteroatoms. The van der Waals surface area contributed by atoms with Crippen LogP contribution < -0.4 is 14.9 Å². The first-order valence-electron chi connectivity index (χ1n) is 13.2. The Labute approximate surface area is 218 Å². The minimum Gasteiger partial charge on any atom is -0.504 e. The third kappa shape index (κ3) is 8.09. The van der Waals surface area contributed by atoms with Gasteiger partial charge in [-0.25, -0.2) is 0 Å². The van der Waals surface area contributed by atoms with E-state index in [1.54, 1.807) is 12.1 Å². The molecule has 2 N–H and O–H groups in total. The smallest absolute Gasteiger partial charge is 0.308 e. The summed E-state index contributed by atoms with van der Waals surface area (Å²) in [5.41, 5.74) is 1.46. The number of carbonyl (C=O) groups is 1. The lowest BCUT2D eigenvalue weighted by Gasteiger charge is -2.12. The monoisotopic (exact) mass is 510 g/mol. The molecule has 0 amide bonds. The van der Waals surface area contributed by atoms with Crippen LogP contribution in [-0.4, -0.2) is 29.9 Å². The zero-order valence-electron chi connectivity index (χ0n) is 21.9. The van der Waals surface area contributed by atoms with Crippen molar-refractivity contribution in [1.82, 2.24) is 0 Å². The Bertz CT molecular complexity index is 1230. The summed E-state index contributed by atoms with van der Waals surface area (Å²) in [6.07, 6.45) is 12.5. The number of ether oxygens (including phenoxy) is 2. The second-order valence-corrected chi connectivity index (χ2v) is 9.41. The van der Waals surface area contributed by atoms with Gasteiger partial charge in [0.25, 0.3) is 0 Å². The fourth-order valence-corrected chi connectivity index (χ4v) is 4.48. The molecule has 1 aromatic heterocycles. The van der Waals surface area contributed by atoms with Crippen molar-refractivity contribution in [1.29, 1.82) is 0 Å². The van der Waals surface area contributed by atoms with E-state index in [1.165, 1.54) is 64.7 Å². The molecule has 0 aliphatic heterocycles. The number of rotatable bonds is 15. The minimum atomic E-state index is -0.625. The van der Waals surface area contributed by atoms with Crippen molar-refractivity contribution in [2.24, 2.45) is 0 Å². The first kappa shape index (κ1) is 28.3. The Morgan fingerprint density at radius 1 is 0.892 bits per heavy atom. The molecule has 0 aliphatic carbocycles. The number of aryl methyl sites for hydroxylation is 1. The van der Waals surface area contributed by atoms with E-state index < -0.39 is 11.4 Å². The predicted molar refractivity (Wildman–Crippen MR) is 144 cm³/mol. The Hall–Kier alpha value is -3.32. The van der Waals surface area contributed by atoms with Gasteiger partial charge >= 0.3 is 5.97 Å². The molecule has 0 spiro atoms. The number of aromatic hydroxyl groups is 1. The molecule has 0 bridgehead atoms. The molecule has 0 saturated heterocycles. The number of hydrogen-bond donors (Lipinski definition) is 2. The lowest BCUT2D eigenvalue weighted by molar-refractivity contribution is -0.132. The summed E-state index contributed by atoms with van der Waals surface area (Å²) in [4.78, 5) is 25.1. The molecule has 0 unspecified atom stereocenters. The van der Waals surface area contributed by atoms with E-state index in [9.17, 15) is 14.7 Å². The molecule has 0 aliphatic rings. The van der Waals surface area contributed by atoms with Gasteiger partial charge < -0.3 is 24.1 Å². The normalized spacial score (nSPS) is 11.1. The Kier molecular flexibility index (Phi) is 11.0. The summed E-state index contributed by atoms with van der Waals surface area (Å²) in [7, 11) is 1.42. The maximum atomic E-state index is 13.4. The summed E-state index contributed by atoms with van der Waals surface area (Å²) in [6, 6.07) is 10.1. The fourth-order valence-electron chi connectivity index (χ4n) is 4.48. The van der Waals surface area contributed by atoms with E-state index in [4.69, 9.17) is 19.0 Å². The minimum absolute atomic E-state index is 0.0534. The first-order valence-corrected chi connectivity index (χ1v) is 13.2. The van der Waals surface area contributed by atoms with Gasteiger partial charge in [-0.3, -0.25) is 9.59 Å². The van der Waals surface area contributed by atoms with Crippen LogP contribution in [0.3, 0.4) is 0 Å². The van der Waals surface area contributed by atoms with Crippen molar-refractivity contribution in [2.75, 3.05) is 13.7 Å². The zero-order chi connectivity index (χ0) is 26.6. The van der Waals surface area contributed by atoms with Crippen LogP contribution in [0.4, 0.5) is 0 Å². The van der Waals surface area contributed by atoms with E-state index in [0.29, 0.717) is 23.1 Å². The third-order valence-corrected chi connectivity index (χ3v) is 6.47. The number of unbranched alkanes of at least 4 members (excludes halogenated alkanes) is 9. The van der Waals surface area contributed by atoms with Gasteiger partial charge in [0.05, 0.1) is 12.5 Å². The lowest BCUT2D eigenvalue weighted by Crippen LogP contribution is -2.13. The van der Waals surface area contributed by atoms with Gasteiger partial charge in [0.1, 0.15) is 5.58 Å². The van der Waals surface area contributed by atoms with Crippen molar-refractivity contribution in [3.8, 4) is 28.6 Å². The number of methoxy groups -OCH3 is 1.